The molecule has 0 spiro atoms. The zero-order valence-corrected chi connectivity index (χ0v) is 14.1. The van der Waals surface area contributed by atoms with Gasteiger partial charge in [-0.25, -0.2) is 4.79 Å². The number of fused-ring (bicyclic) bond motifs is 2. The Bertz CT molecular complexity index is 807. The number of amides is 2. The topological polar surface area (TPSA) is 59.6 Å². The molecule has 0 saturated carbocycles. The maximum atomic E-state index is 12.4. The van der Waals surface area contributed by atoms with Gasteiger partial charge in [0.1, 0.15) is 11.5 Å². The van der Waals surface area contributed by atoms with Crippen molar-refractivity contribution in [3.05, 3.63) is 45.4 Å². The van der Waals surface area contributed by atoms with Gasteiger partial charge in [0.15, 0.2) is 0 Å². The van der Waals surface area contributed by atoms with E-state index in [-0.39, 0.29) is 0 Å². The van der Waals surface area contributed by atoms with E-state index >= 15 is 0 Å². The molecule has 2 aromatic rings. The lowest BCUT2D eigenvalue weighted by molar-refractivity contribution is 0.262. The second-order valence-corrected chi connectivity index (χ2v) is 6.38. The average molecular weight is 365 g/mol. The van der Waals surface area contributed by atoms with Crippen LogP contribution in [0.1, 0.15) is 11.1 Å². The van der Waals surface area contributed by atoms with Crippen molar-refractivity contribution in [1.29, 1.82) is 0 Å². The Morgan fingerprint density at radius 1 is 1.08 bits per heavy atom. The molecular weight excluding hydrogens is 351 g/mol. The summed E-state index contributed by atoms with van der Waals surface area (Å²) in [5.41, 5.74) is 3.13. The Kier molecular flexibility index (Phi) is 3.90. The van der Waals surface area contributed by atoms with E-state index in [1.54, 1.807) is 18.2 Å². The molecule has 2 aromatic carbocycles. The minimum atomic E-state index is -0.405. The van der Waals surface area contributed by atoms with Gasteiger partial charge < -0.3 is 20.1 Å². The van der Waals surface area contributed by atoms with E-state index in [1.807, 2.05) is 6.07 Å². The molecule has 0 atom stereocenters. The Morgan fingerprint density at radius 2 is 1.92 bits per heavy atom. The largest absolute Gasteiger partial charge is 0.493 e. The van der Waals surface area contributed by atoms with Crippen molar-refractivity contribution < 1.29 is 14.3 Å². The molecular formula is C17H14Cl2N2O3. The van der Waals surface area contributed by atoms with Crippen LogP contribution in [0.2, 0.25) is 10.0 Å². The van der Waals surface area contributed by atoms with Crippen LogP contribution in [0.25, 0.3) is 0 Å². The first-order valence-corrected chi connectivity index (χ1v) is 8.35. The van der Waals surface area contributed by atoms with Crippen LogP contribution in [0.5, 0.6) is 11.5 Å². The highest BCUT2D eigenvalue weighted by Crippen LogP contribution is 2.44. The van der Waals surface area contributed by atoms with Gasteiger partial charge in [-0.2, -0.15) is 0 Å². The van der Waals surface area contributed by atoms with Gasteiger partial charge in [0, 0.05) is 24.0 Å². The monoisotopic (exact) mass is 364 g/mol. The summed E-state index contributed by atoms with van der Waals surface area (Å²) in [4.78, 5) is 12.4. The lowest BCUT2D eigenvalue weighted by Gasteiger charge is -2.15. The smallest absolute Gasteiger partial charge is 0.323 e. The Labute approximate surface area is 148 Å². The molecule has 2 amide bonds. The summed E-state index contributed by atoms with van der Waals surface area (Å²) in [5, 5.41) is 6.29. The van der Waals surface area contributed by atoms with E-state index in [1.165, 1.54) is 0 Å². The molecule has 0 saturated heterocycles. The van der Waals surface area contributed by atoms with E-state index in [9.17, 15) is 4.79 Å². The molecule has 124 valence electrons. The molecule has 0 aromatic heterocycles. The highest BCUT2D eigenvalue weighted by Gasteiger charge is 2.27. The minimum Gasteiger partial charge on any atom is -0.493 e. The summed E-state index contributed by atoms with van der Waals surface area (Å²) in [6, 6.07) is 6.67. The summed E-state index contributed by atoms with van der Waals surface area (Å²) in [6.07, 6.45) is 1.54. The fraction of sp³-hybridized carbons (Fsp3) is 0.235. The Balaban J connectivity index is 1.62. The molecule has 2 N–H and O–H groups in total. The second-order valence-electron chi connectivity index (χ2n) is 5.59. The molecule has 24 heavy (non-hydrogen) atoms. The molecule has 7 heteroatoms. The molecule has 0 bridgehead atoms. The number of carbonyl (C=O) groups excluding carboxylic acids is 1. The molecule has 0 fully saturated rings. The number of hydrogen-bond acceptors (Lipinski definition) is 3. The van der Waals surface area contributed by atoms with E-state index in [4.69, 9.17) is 32.7 Å². The van der Waals surface area contributed by atoms with Crippen molar-refractivity contribution in [1.82, 2.24) is 0 Å². The number of urea groups is 1. The van der Waals surface area contributed by atoms with E-state index in [0.717, 1.165) is 35.5 Å². The summed E-state index contributed by atoms with van der Waals surface area (Å²) >= 11 is 12.1. The molecule has 2 aliphatic rings. The van der Waals surface area contributed by atoms with Gasteiger partial charge in [0.05, 0.1) is 34.6 Å². The number of anilines is 2. The number of ether oxygens (including phenoxy) is 2. The van der Waals surface area contributed by atoms with Crippen molar-refractivity contribution >= 4 is 40.6 Å². The summed E-state index contributed by atoms with van der Waals surface area (Å²) < 4.78 is 11.3. The third-order valence-electron chi connectivity index (χ3n) is 4.09. The summed E-state index contributed by atoms with van der Waals surface area (Å²) in [5.74, 6) is 1.54. The van der Waals surface area contributed by atoms with Gasteiger partial charge in [-0.15, -0.1) is 0 Å². The zero-order valence-electron chi connectivity index (χ0n) is 12.6. The second kappa shape index (κ2) is 6.07. The molecule has 5 nitrogen and oxygen atoms in total. The first kappa shape index (κ1) is 15.4. The van der Waals surface area contributed by atoms with Crippen molar-refractivity contribution in [2.24, 2.45) is 0 Å². The number of carbonyl (C=O) groups is 1. The SMILES string of the molecule is O=C(Nc1cccc(Cl)c1Cl)Nc1c2c(cc3c1OCC3)OCC2. The van der Waals surface area contributed by atoms with E-state index < -0.39 is 6.03 Å². The first-order valence-electron chi connectivity index (χ1n) is 7.60. The number of benzene rings is 2. The normalized spacial score (nSPS) is 14.4. The minimum absolute atomic E-state index is 0.303. The van der Waals surface area contributed by atoms with Crippen LogP contribution in [-0.4, -0.2) is 19.2 Å². The van der Waals surface area contributed by atoms with Gasteiger partial charge in [-0.05, 0) is 18.2 Å². The van der Waals surface area contributed by atoms with Crippen molar-refractivity contribution in [3.63, 3.8) is 0 Å². The third-order valence-corrected chi connectivity index (χ3v) is 4.91. The lowest BCUT2D eigenvalue weighted by atomic mass is 10.0. The number of rotatable bonds is 2. The maximum Gasteiger partial charge on any atom is 0.323 e. The lowest BCUT2D eigenvalue weighted by Crippen LogP contribution is -2.21. The summed E-state index contributed by atoms with van der Waals surface area (Å²) in [6.45, 7) is 1.21. The Hall–Kier alpha value is -2.11. The molecule has 4 rings (SSSR count). The highest BCUT2D eigenvalue weighted by atomic mass is 35.5. The van der Waals surface area contributed by atoms with Crippen molar-refractivity contribution in [2.75, 3.05) is 23.8 Å². The molecule has 0 unspecified atom stereocenters. The van der Waals surface area contributed by atoms with Crippen LogP contribution in [-0.2, 0) is 12.8 Å². The molecule has 2 aliphatic heterocycles. The van der Waals surface area contributed by atoms with Gasteiger partial charge in [0.2, 0.25) is 0 Å². The fourth-order valence-corrected chi connectivity index (χ4v) is 3.33. The summed E-state index contributed by atoms with van der Waals surface area (Å²) in [7, 11) is 0. The fourth-order valence-electron chi connectivity index (χ4n) is 2.98. The van der Waals surface area contributed by atoms with E-state index in [0.29, 0.717) is 34.6 Å². The van der Waals surface area contributed by atoms with Gasteiger partial charge in [-0.1, -0.05) is 29.3 Å². The third kappa shape index (κ3) is 2.64. The van der Waals surface area contributed by atoms with Crippen LogP contribution < -0.4 is 20.1 Å². The van der Waals surface area contributed by atoms with E-state index in [2.05, 4.69) is 10.6 Å². The standard InChI is InChI=1S/C17H14Cl2N2O3/c18-11-2-1-3-12(14(11)19)20-17(22)21-15-10-5-7-23-13(10)8-9-4-6-24-16(9)15/h1-3,8H,4-7H2,(H2,20,21,22). The van der Waals surface area contributed by atoms with Crippen molar-refractivity contribution in [2.45, 2.75) is 12.8 Å². The predicted octanol–water partition coefficient (Wildman–Crippen LogP) is 4.51. The van der Waals surface area contributed by atoms with Gasteiger partial charge in [0.25, 0.3) is 0 Å². The van der Waals surface area contributed by atoms with Crippen LogP contribution in [0.3, 0.4) is 0 Å². The number of halogens is 2. The van der Waals surface area contributed by atoms with Crippen molar-refractivity contribution in [3.8, 4) is 11.5 Å². The van der Waals surface area contributed by atoms with Gasteiger partial charge >= 0.3 is 6.03 Å². The van der Waals surface area contributed by atoms with Crippen LogP contribution in [0, 0.1) is 0 Å². The first-order chi connectivity index (χ1) is 11.6. The number of nitrogens with one attached hydrogen (secondary N) is 2. The quantitative estimate of drug-likeness (QED) is 0.824. The predicted molar refractivity (Wildman–Crippen MR) is 93.9 cm³/mol. The Morgan fingerprint density at radius 3 is 2.79 bits per heavy atom. The molecule has 2 heterocycles. The zero-order chi connectivity index (χ0) is 16.7. The molecule has 0 radical (unpaired) electrons. The van der Waals surface area contributed by atoms with Crippen LogP contribution >= 0.6 is 23.2 Å². The van der Waals surface area contributed by atoms with Crippen LogP contribution in [0.15, 0.2) is 24.3 Å². The highest BCUT2D eigenvalue weighted by molar-refractivity contribution is 6.44. The average Bonchev–Trinajstić information content (AvgIpc) is 3.20. The van der Waals surface area contributed by atoms with Gasteiger partial charge in [-0.3, -0.25) is 0 Å². The van der Waals surface area contributed by atoms with Crippen LogP contribution in [0.4, 0.5) is 16.2 Å². The molecule has 0 aliphatic carbocycles. The maximum absolute atomic E-state index is 12.4. The number of hydrogen-bond donors (Lipinski definition) is 2.